The van der Waals surface area contributed by atoms with Crippen LogP contribution in [-0.2, 0) is 4.79 Å². The number of hydrogen-bond donors (Lipinski definition) is 0. The predicted octanol–water partition coefficient (Wildman–Crippen LogP) is 1.93. The van der Waals surface area contributed by atoms with Crippen LogP contribution in [-0.4, -0.2) is 30.5 Å². The van der Waals surface area contributed by atoms with Crippen LogP contribution in [0.2, 0.25) is 0 Å². The van der Waals surface area contributed by atoms with Crippen molar-refractivity contribution in [1.29, 1.82) is 0 Å². The van der Waals surface area contributed by atoms with E-state index in [-0.39, 0.29) is 5.91 Å². The second-order valence-corrected chi connectivity index (χ2v) is 4.97. The van der Waals surface area contributed by atoms with Crippen molar-refractivity contribution in [2.75, 3.05) is 19.7 Å². The zero-order valence-corrected chi connectivity index (χ0v) is 9.84. The second kappa shape index (κ2) is 4.40. The van der Waals surface area contributed by atoms with E-state index >= 15 is 0 Å². The van der Waals surface area contributed by atoms with Crippen molar-refractivity contribution in [1.82, 2.24) is 4.90 Å². The summed E-state index contributed by atoms with van der Waals surface area (Å²) < 4.78 is 5.53. The summed E-state index contributed by atoms with van der Waals surface area (Å²) in [6, 6.07) is 9.65. The Hall–Kier alpha value is -1.51. The van der Waals surface area contributed by atoms with E-state index in [0.29, 0.717) is 13.0 Å². The largest absolute Gasteiger partial charge is 0.493 e. The van der Waals surface area contributed by atoms with Crippen LogP contribution in [0.5, 0.6) is 5.75 Å². The van der Waals surface area contributed by atoms with Crippen molar-refractivity contribution in [3.8, 4) is 5.75 Å². The number of rotatable bonds is 4. The molecule has 2 atom stereocenters. The topological polar surface area (TPSA) is 29.5 Å². The van der Waals surface area contributed by atoms with Gasteiger partial charge in [0.1, 0.15) is 5.75 Å². The maximum Gasteiger partial charge on any atom is 0.226 e. The van der Waals surface area contributed by atoms with Crippen molar-refractivity contribution < 1.29 is 9.53 Å². The Morgan fingerprint density at radius 2 is 1.94 bits per heavy atom. The number of amides is 1. The lowest BCUT2D eigenvalue weighted by molar-refractivity contribution is -0.131. The minimum Gasteiger partial charge on any atom is -0.493 e. The molecule has 0 radical (unpaired) electrons. The van der Waals surface area contributed by atoms with Gasteiger partial charge in [0.25, 0.3) is 0 Å². The molecule has 0 N–H and O–H groups in total. The molecule has 1 aromatic rings. The van der Waals surface area contributed by atoms with E-state index in [9.17, 15) is 4.79 Å². The van der Waals surface area contributed by atoms with Gasteiger partial charge in [0.2, 0.25) is 5.91 Å². The lowest BCUT2D eigenvalue weighted by Gasteiger charge is -2.17. The zero-order chi connectivity index (χ0) is 11.7. The highest BCUT2D eigenvalue weighted by Gasteiger charge is 2.46. The minimum atomic E-state index is 0.244. The quantitative estimate of drug-likeness (QED) is 0.792. The summed E-state index contributed by atoms with van der Waals surface area (Å²) in [5.74, 6) is 2.71. The van der Waals surface area contributed by atoms with Crippen LogP contribution in [0.15, 0.2) is 30.3 Å². The summed E-state index contributed by atoms with van der Waals surface area (Å²) in [5.41, 5.74) is 0. The number of fused-ring (bicyclic) bond motifs is 1. The Kier molecular flexibility index (Phi) is 2.75. The summed E-state index contributed by atoms with van der Waals surface area (Å²) in [6.45, 7) is 2.44. The first-order valence-corrected chi connectivity index (χ1v) is 6.28. The van der Waals surface area contributed by atoms with Gasteiger partial charge in [-0.05, 0) is 30.4 Å². The SMILES string of the molecule is O=C(CCOc1ccccc1)N1CC2CC2C1. The third-order valence-electron chi connectivity index (χ3n) is 3.66. The molecule has 1 heterocycles. The van der Waals surface area contributed by atoms with Gasteiger partial charge in [-0.25, -0.2) is 0 Å². The molecule has 3 rings (SSSR count). The third kappa shape index (κ3) is 2.43. The van der Waals surface area contributed by atoms with Crippen molar-refractivity contribution in [2.24, 2.45) is 11.8 Å². The van der Waals surface area contributed by atoms with Crippen LogP contribution in [0.3, 0.4) is 0 Å². The summed E-state index contributed by atoms with van der Waals surface area (Å²) in [6.07, 6.45) is 1.83. The first-order valence-electron chi connectivity index (χ1n) is 6.28. The molecule has 1 aliphatic heterocycles. The molecule has 0 bridgehead atoms. The molecule has 90 valence electrons. The first-order chi connectivity index (χ1) is 8.33. The molecule has 1 saturated carbocycles. The number of hydrogen-bond acceptors (Lipinski definition) is 2. The van der Waals surface area contributed by atoms with E-state index in [1.807, 2.05) is 35.2 Å². The average Bonchev–Trinajstić information content (AvgIpc) is 2.97. The lowest BCUT2D eigenvalue weighted by atomic mass is 10.3. The Morgan fingerprint density at radius 1 is 1.24 bits per heavy atom. The standard InChI is InChI=1S/C14H17NO2/c16-14(15-9-11-8-12(11)10-15)6-7-17-13-4-2-1-3-5-13/h1-5,11-12H,6-10H2. The summed E-state index contributed by atoms with van der Waals surface area (Å²) in [4.78, 5) is 13.8. The van der Waals surface area contributed by atoms with Crippen LogP contribution in [0, 0.1) is 11.8 Å². The molecule has 0 aromatic heterocycles. The molecule has 2 unspecified atom stereocenters. The van der Waals surface area contributed by atoms with Crippen LogP contribution < -0.4 is 4.74 Å². The fourth-order valence-corrected chi connectivity index (χ4v) is 2.53. The molecule has 3 heteroatoms. The maximum atomic E-state index is 11.8. The molecular weight excluding hydrogens is 214 g/mol. The number of carbonyl (C=O) groups excluding carboxylic acids is 1. The fraction of sp³-hybridized carbons (Fsp3) is 0.500. The van der Waals surface area contributed by atoms with Gasteiger partial charge in [-0.15, -0.1) is 0 Å². The van der Waals surface area contributed by atoms with E-state index in [2.05, 4.69) is 0 Å². The maximum absolute atomic E-state index is 11.8. The third-order valence-corrected chi connectivity index (χ3v) is 3.66. The highest BCUT2D eigenvalue weighted by molar-refractivity contribution is 5.76. The Balaban J connectivity index is 1.41. The van der Waals surface area contributed by atoms with E-state index in [0.717, 1.165) is 30.7 Å². The van der Waals surface area contributed by atoms with Crippen molar-refractivity contribution in [3.63, 3.8) is 0 Å². The Morgan fingerprint density at radius 3 is 2.65 bits per heavy atom. The molecule has 1 saturated heterocycles. The Bertz CT molecular complexity index is 394. The van der Waals surface area contributed by atoms with Crippen LogP contribution in [0.1, 0.15) is 12.8 Å². The average molecular weight is 231 g/mol. The number of piperidine rings is 1. The molecule has 1 amide bonds. The monoisotopic (exact) mass is 231 g/mol. The van der Waals surface area contributed by atoms with E-state index in [1.165, 1.54) is 6.42 Å². The zero-order valence-electron chi connectivity index (χ0n) is 9.84. The van der Waals surface area contributed by atoms with Gasteiger partial charge in [0, 0.05) is 13.1 Å². The summed E-state index contributed by atoms with van der Waals surface area (Å²) >= 11 is 0. The summed E-state index contributed by atoms with van der Waals surface area (Å²) in [7, 11) is 0. The van der Waals surface area contributed by atoms with Gasteiger partial charge < -0.3 is 9.64 Å². The van der Waals surface area contributed by atoms with Gasteiger partial charge in [0.05, 0.1) is 13.0 Å². The molecule has 1 aliphatic carbocycles. The number of likely N-dealkylation sites (tertiary alicyclic amines) is 1. The smallest absolute Gasteiger partial charge is 0.226 e. The second-order valence-electron chi connectivity index (χ2n) is 4.97. The van der Waals surface area contributed by atoms with Gasteiger partial charge in [-0.1, -0.05) is 18.2 Å². The number of para-hydroxylation sites is 1. The van der Waals surface area contributed by atoms with Crippen LogP contribution >= 0.6 is 0 Å². The minimum absolute atomic E-state index is 0.244. The van der Waals surface area contributed by atoms with E-state index < -0.39 is 0 Å². The summed E-state index contributed by atoms with van der Waals surface area (Å²) in [5, 5.41) is 0. The molecule has 17 heavy (non-hydrogen) atoms. The molecule has 1 aromatic carbocycles. The number of nitrogens with zero attached hydrogens (tertiary/aromatic N) is 1. The van der Waals surface area contributed by atoms with Gasteiger partial charge >= 0.3 is 0 Å². The molecule has 2 fully saturated rings. The molecule has 0 spiro atoms. The highest BCUT2D eigenvalue weighted by Crippen LogP contribution is 2.44. The number of carbonyl (C=O) groups is 1. The van der Waals surface area contributed by atoms with Crippen molar-refractivity contribution >= 4 is 5.91 Å². The predicted molar refractivity (Wildman–Crippen MR) is 64.7 cm³/mol. The van der Waals surface area contributed by atoms with Gasteiger partial charge in [-0.3, -0.25) is 4.79 Å². The van der Waals surface area contributed by atoms with Crippen molar-refractivity contribution in [3.05, 3.63) is 30.3 Å². The number of ether oxygens (including phenoxy) is 1. The first kappa shape index (κ1) is 10.6. The van der Waals surface area contributed by atoms with Crippen molar-refractivity contribution in [2.45, 2.75) is 12.8 Å². The van der Waals surface area contributed by atoms with Crippen LogP contribution in [0.25, 0.3) is 0 Å². The van der Waals surface area contributed by atoms with E-state index in [4.69, 9.17) is 4.74 Å². The number of benzene rings is 1. The molecule has 2 aliphatic rings. The molecular formula is C14H17NO2. The Labute approximate surface area is 101 Å². The highest BCUT2D eigenvalue weighted by atomic mass is 16.5. The molecule has 3 nitrogen and oxygen atoms in total. The van der Waals surface area contributed by atoms with Gasteiger partial charge in [-0.2, -0.15) is 0 Å². The van der Waals surface area contributed by atoms with E-state index in [1.54, 1.807) is 0 Å². The van der Waals surface area contributed by atoms with Gasteiger partial charge in [0.15, 0.2) is 0 Å². The van der Waals surface area contributed by atoms with Crippen LogP contribution in [0.4, 0.5) is 0 Å². The fourth-order valence-electron chi connectivity index (χ4n) is 2.53. The lowest BCUT2D eigenvalue weighted by Crippen LogP contribution is -2.31. The normalized spacial score (nSPS) is 25.5.